The van der Waals surface area contributed by atoms with Gasteiger partial charge in [-0.1, -0.05) is 38.4 Å². The number of nitrogens with zero attached hydrogens (tertiary/aromatic N) is 1. The van der Waals surface area contributed by atoms with E-state index in [1.54, 1.807) is 35.6 Å². The highest BCUT2D eigenvalue weighted by Gasteiger charge is 2.32. The monoisotopic (exact) mass is 372 g/mol. The largest absolute Gasteiger partial charge is 0.312 e. The SMILES string of the molecule is CC(C)(C)[C@@H]1CCc2c(sc(NC(=O)c3cccc(Cl)c3)c2C#N)C1. The fourth-order valence-corrected chi connectivity index (χ4v) is 4.80. The molecule has 0 spiro atoms. The molecule has 1 N–H and O–H groups in total. The highest BCUT2D eigenvalue weighted by atomic mass is 35.5. The Kier molecular flexibility index (Phi) is 4.90. The molecule has 0 bridgehead atoms. The number of carbonyl (C=O) groups is 1. The first kappa shape index (κ1) is 18.0. The number of carbonyl (C=O) groups excluding carboxylic acids is 1. The smallest absolute Gasteiger partial charge is 0.256 e. The van der Waals surface area contributed by atoms with Crippen molar-refractivity contribution in [2.75, 3.05) is 5.32 Å². The molecular weight excluding hydrogens is 352 g/mol. The zero-order chi connectivity index (χ0) is 18.2. The number of halogens is 1. The Hall–Kier alpha value is -1.83. The van der Waals surface area contributed by atoms with Crippen LogP contribution in [-0.2, 0) is 12.8 Å². The second kappa shape index (κ2) is 6.82. The lowest BCUT2D eigenvalue weighted by molar-refractivity contribution is 0.102. The van der Waals surface area contributed by atoms with Gasteiger partial charge in [-0.05, 0) is 54.4 Å². The Morgan fingerprint density at radius 1 is 1.40 bits per heavy atom. The Morgan fingerprint density at radius 3 is 2.80 bits per heavy atom. The van der Waals surface area contributed by atoms with Gasteiger partial charge in [0, 0.05) is 15.5 Å². The van der Waals surface area contributed by atoms with Crippen molar-refractivity contribution in [3.63, 3.8) is 0 Å². The molecule has 130 valence electrons. The average molecular weight is 373 g/mol. The van der Waals surface area contributed by atoms with Gasteiger partial charge in [-0.3, -0.25) is 4.79 Å². The summed E-state index contributed by atoms with van der Waals surface area (Å²) in [5.74, 6) is 0.367. The maximum Gasteiger partial charge on any atom is 0.256 e. The highest BCUT2D eigenvalue weighted by Crippen LogP contribution is 2.44. The minimum Gasteiger partial charge on any atom is -0.312 e. The van der Waals surface area contributed by atoms with Gasteiger partial charge in [-0.2, -0.15) is 5.26 Å². The van der Waals surface area contributed by atoms with E-state index in [9.17, 15) is 10.1 Å². The van der Waals surface area contributed by atoms with Crippen LogP contribution in [0.25, 0.3) is 0 Å². The molecule has 1 aliphatic rings. The van der Waals surface area contributed by atoms with Crippen molar-refractivity contribution in [1.29, 1.82) is 5.26 Å². The van der Waals surface area contributed by atoms with Gasteiger partial charge in [0.15, 0.2) is 0 Å². The van der Waals surface area contributed by atoms with Crippen LogP contribution >= 0.6 is 22.9 Å². The Bertz CT molecular complexity index is 858. The van der Waals surface area contributed by atoms with Crippen LogP contribution in [0, 0.1) is 22.7 Å². The van der Waals surface area contributed by atoms with Gasteiger partial charge in [0.25, 0.3) is 5.91 Å². The first-order valence-electron chi connectivity index (χ1n) is 8.41. The number of benzene rings is 1. The van der Waals surface area contributed by atoms with Crippen LogP contribution in [0.4, 0.5) is 5.00 Å². The van der Waals surface area contributed by atoms with Gasteiger partial charge in [-0.15, -0.1) is 11.3 Å². The van der Waals surface area contributed by atoms with Crippen LogP contribution in [0.15, 0.2) is 24.3 Å². The molecule has 0 saturated carbocycles. The van der Waals surface area contributed by atoms with Crippen molar-refractivity contribution in [1.82, 2.24) is 0 Å². The van der Waals surface area contributed by atoms with E-state index in [0.717, 1.165) is 24.8 Å². The van der Waals surface area contributed by atoms with E-state index < -0.39 is 0 Å². The maximum absolute atomic E-state index is 12.5. The third kappa shape index (κ3) is 3.73. The highest BCUT2D eigenvalue weighted by molar-refractivity contribution is 7.16. The van der Waals surface area contributed by atoms with Crippen molar-refractivity contribution < 1.29 is 4.79 Å². The number of amides is 1. The van der Waals surface area contributed by atoms with E-state index in [1.165, 1.54) is 4.88 Å². The molecule has 3 nitrogen and oxygen atoms in total. The summed E-state index contributed by atoms with van der Waals surface area (Å²) < 4.78 is 0. The molecule has 1 atom stereocenters. The van der Waals surface area contributed by atoms with E-state index >= 15 is 0 Å². The van der Waals surface area contributed by atoms with Crippen LogP contribution in [0.5, 0.6) is 0 Å². The quantitative estimate of drug-likeness (QED) is 0.737. The van der Waals surface area contributed by atoms with Gasteiger partial charge in [0.2, 0.25) is 0 Å². The van der Waals surface area contributed by atoms with Crippen molar-refractivity contribution in [2.45, 2.75) is 40.0 Å². The Morgan fingerprint density at radius 2 is 2.16 bits per heavy atom. The number of rotatable bonds is 2. The fraction of sp³-hybridized carbons (Fsp3) is 0.400. The summed E-state index contributed by atoms with van der Waals surface area (Å²) in [4.78, 5) is 13.7. The summed E-state index contributed by atoms with van der Waals surface area (Å²) in [5, 5.41) is 13.7. The lowest BCUT2D eigenvalue weighted by atomic mass is 9.72. The summed E-state index contributed by atoms with van der Waals surface area (Å²) in [6.45, 7) is 6.80. The van der Waals surface area contributed by atoms with E-state index in [2.05, 4.69) is 32.2 Å². The number of anilines is 1. The molecule has 2 aromatic rings. The molecule has 1 aliphatic carbocycles. The number of fused-ring (bicyclic) bond motifs is 1. The molecular formula is C20H21ClN2OS. The number of thiophene rings is 1. The number of hydrogen-bond acceptors (Lipinski definition) is 3. The molecule has 25 heavy (non-hydrogen) atoms. The number of nitrogens with one attached hydrogen (secondary N) is 1. The van der Waals surface area contributed by atoms with Crippen LogP contribution < -0.4 is 5.32 Å². The van der Waals surface area contributed by atoms with Gasteiger partial charge >= 0.3 is 0 Å². The topological polar surface area (TPSA) is 52.9 Å². The first-order valence-corrected chi connectivity index (χ1v) is 9.60. The van der Waals surface area contributed by atoms with Crippen LogP contribution in [-0.4, -0.2) is 5.91 Å². The molecule has 3 rings (SSSR count). The summed E-state index contributed by atoms with van der Waals surface area (Å²) >= 11 is 7.51. The normalized spacial score (nSPS) is 16.8. The molecule has 5 heteroatoms. The third-order valence-electron chi connectivity index (χ3n) is 4.92. The summed E-state index contributed by atoms with van der Waals surface area (Å²) in [6, 6.07) is 9.12. The molecule has 1 aromatic carbocycles. The maximum atomic E-state index is 12.5. The van der Waals surface area contributed by atoms with Gasteiger partial charge in [0.1, 0.15) is 11.1 Å². The summed E-state index contributed by atoms with van der Waals surface area (Å²) in [7, 11) is 0. The lowest BCUT2D eigenvalue weighted by Gasteiger charge is -2.33. The predicted octanol–water partition coefficient (Wildman–Crippen LogP) is 5.68. The Balaban J connectivity index is 1.88. The number of hydrogen-bond donors (Lipinski definition) is 1. The molecule has 1 aromatic heterocycles. The van der Waals surface area contributed by atoms with Gasteiger partial charge in [-0.25, -0.2) is 0 Å². The van der Waals surface area contributed by atoms with Gasteiger partial charge < -0.3 is 5.32 Å². The minimum absolute atomic E-state index is 0.232. The van der Waals surface area contributed by atoms with Crippen molar-refractivity contribution in [3.8, 4) is 6.07 Å². The van der Waals surface area contributed by atoms with Crippen molar-refractivity contribution in [2.24, 2.45) is 11.3 Å². The zero-order valence-corrected chi connectivity index (χ0v) is 16.2. The van der Waals surface area contributed by atoms with E-state index in [0.29, 0.717) is 27.1 Å². The van der Waals surface area contributed by atoms with E-state index in [1.807, 2.05) is 0 Å². The van der Waals surface area contributed by atoms with E-state index in [4.69, 9.17) is 11.6 Å². The summed E-state index contributed by atoms with van der Waals surface area (Å²) in [5.41, 5.74) is 2.49. The van der Waals surface area contributed by atoms with Crippen LogP contribution in [0.1, 0.15) is 53.6 Å². The second-order valence-corrected chi connectivity index (χ2v) is 9.13. The molecule has 0 aliphatic heterocycles. The minimum atomic E-state index is -0.232. The zero-order valence-electron chi connectivity index (χ0n) is 14.6. The van der Waals surface area contributed by atoms with Crippen LogP contribution in [0.3, 0.4) is 0 Å². The fourth-order valence-electron chi connectivity index (χ4n) is 3.34. The van der Waals surface area contributed by atoms with E-state index in [-0.39, 0.29) is 11.3 Å². The molecule has 1 amide bonds. The predicted molar refractivity (Wildman–Crippen MR) is 103 cm³/mol. The van der Waals surface area contributed by atoms with Crippen molar-refractivity contribution >= 4 is 33.8 Å². The number of nitriles is 1. The molecule has 0 unspecified atom stereocenters. The second-order valence-electron chi connectivity index (χ2n) is 7.59. The summed E-state index contributed by atoms with van der Waals surface area (Å²) in [6.07, 6.45) is 2.97. The van der Waals surface area contributed by atoms with Crippen molar-refractivity contribution in [3.05, 3.63) is 50.9 Å². The lowest BCUT2D eigenvalue weighted by Crippen LogP contribution is -2.26. The molecule has 0 radical (unpaired) electrons. The van der Waals surface area contributed by atoms with Gasteiger partial charge in [0.05, 0.1) is 5.56 Å². The standard InChI is InChI=1S/C20H21ClN2OS/c1-20(2,3)13-7-8-15-16(11-22)19(25-17(15)10-13)23-18(24)12-5-4-6-14(21)9-12/h4-6,9,13H,7-8,10H2,1-3H3,(H,23,24)/t13-/m1/s1. The molecule has 1 heterocycles. The van der Waals surface area contributed by atoms with Crippen LogP contribution in [0.2, 0.25) is 5.02 Å². The Labute approximate surface area is 157 Å². The average Bonchev–Trinajstić information content (AvgIpc) is 2.90. The molecule has 0 fully saturated rings. The first-order chi connectivity index (χ1) is 11.8. The molecule has 0 saturated heterocycles. The third-order valence-corrected chi connectivity index (χ3v) is 6.32.